The highest BCUT2D eigenvalue weighted by Crippen LogP contribution is 2.32. The van der Waals surface area contributed by atoms with E-state index in [9.17, 15) is 23.5 Å². The second-order valence-electron chi connectivity index (χ2n) is 6.53. The number of carbonyl (C=O) groups excluding carboxylic acids is 1. The molecule has 2 aromatic rings. The van der Waals surface area contributed by atoms with Crippen LogP contribution in [-0.2, 0) is 4.79 Å². The fourth-order valence-corrected chi connectivity index (χ4v) is 4.24. The zero-order valence-electron chi connectivity index (χ0n) is 14.6. The van der Waals surface area contributed by atoms with Crippen molar-refractivity contribution in [1.82, 2.24) is 4.90 Å². The monoisotopic (exact) mass is 395 g/mol. The molecule has 3 rings (SSSR count). The third-order valence-electron chi connectivity index (χ3n) is 4.69. The highest BCUT2D eigenvalue weighted by atomic mass is 32.1. The number of amides is 1. The van der Waals surface area contributed by atoms with Crippen LogP contribution in [0.1, 0.15) is 23.0 Å². The van der Waals surface area contributed by atoms with Gasteiger partial charge in [-0.15, -0.1) is 11.3 Å². The van der Waals surface area contributed by atoms with Crippen LogP contribution in [0.5, 0.6) is 5.75 Å². The standard InChI is InChI=1S/C19H19F2NO4S/c1-11-10-22(9-8-14(11)18(24)25)17(23)16-7-6-15(27-16)12-2-4-13(5-3-12)26-19(20)21/h2-7,11,14,19H,8-10H2,1H3,(H,24,25). The molecule has 0 spiro atoms. The second kappa shape index (κ2) is 8.04. The van der Waals surface area contributed by atoms with Crippen LogP contribution in [-0.4, -0.2) is 41.6 Å². The number of nitrogens with zero attached hydrogens (tertiary/aromatic N) is 1. The van der Waals surface area contributed by atoms with Gasteiger partial charge >= 0.3 is 12.6 Å². The number of carboxylic acid groups (broad SMARTS) is 1. The summed E-state index contributed by atoms with van der Waals surface area (Å²) in [6, 6.07) is 9.80. The number of likely N-dealkylation sites (tertiary alicyclic amines) is 1. The summed E-state index contributed by atoms with van der Waals surface area (Å²) in [4.78, 5) is 27.0. The molecule has 1 saturated heterocycles. The van der Waals surface area contributed by atoms with Gasteiger partial charge in [0.25, 0.3) is 5.91 Å². The van der Waals surface area contributed by atoms with Crippen LogP contribution >= 0.6 is 11.3 Å². The first-order valence-corrected chi connectivity index (χ1v) is 9.34. The molecule has 0 bridgehead atoms. The molecule has 1 amide bonds. The third kappa shape index (κ3) is 4.44. The van der Waals surface area contributed by atoms with E-state index in [1.165, 1.54) is 23.5 Å². The number of piperidine rings is 1. The molecule has 1 aliphatic rings. The van der Waals surface area contributed by atoms with E-state index in [0.717, 1.165) is 10.4 Å². The molecule has 0 aliphatic carbocycles. The van der Waals surface area contributed by atoms with Gasteiger partial charge in [-0.2, -0.15) is 8.78 Å². The van der Waals surface area contributed by atoms with Crippen molar-refractivity contribution in [3.05, 3.63) is 41.3 Å². The molecule has 2 heterocycles. The van der Waals surface area contributed by atoms with Crippen LogP contribution in [0.15, 0.2) is 36.4 Å². The van der Waals surface area contributed by atoms with Crippen LogP contribution in [0.2, 0.25) is 0 Å². The Kier molecular flexibility index (Phi) is 5.74. The van der Waals surface area contributed by atoms with Crippen LogP contribution in [0, 0.1) is 11.8 Å². The summed E-state index contributed by atoms with van der Waals surface area (Å²) in [6.45, 7) is -0.175. The molecule has 27 heavy (non-hydrogen) atoms. The Hall–Kier alpha value is -2.48. The average Bonchev–Trinajstić information content (AvgIpc) is 3.11. The van der Waals surface area contributed by atoms with E-state index in [-0.39, 0.29) is 17.6 Å². The third-order valence-corrected chi connectivity index (χ3v) is 5.81. The van der Waals surface area contributed by atoms with Gasteiger partial charge in [0.15, 0.2) is 0 Å². The van der Waals surface area contributed by atoms with E-state index < -0.39 is 18.5 Å². The lowest BCUT2D eigenvalue weighted by Gasteiger charge is -2.34. The molecule has 1 N–H and O–H groups in total. The number of ether oxygens (including phenoxy) is 1. The fourth-order valence-electron chi connectivity index (χ4n) is 3.26. The van der Waals surface area contributed by atoms with Gasteiger partial charge in [-0.3, -0.25) is 9.59 Å². The summed E-state index contributed by atoms with van der Waals surface area (Å²) in [5.74, 6) is -1.35. The van der Waals surface area contributed by atoms with Gasteiger partial charge in [0, 0.05) is 18.0 Å². The highest BCUT2D eigenvalue weighted by molar-refractivity contribution is 7.17. The number of alkyl halides is 2. The number of hydrogen-bond donors (Lipinski definition) is 1. The van der Waals surface area contributed by atoms with Crippen molar-refractivity contribution >= 4 is 23.2 Å². The maximum Gasteiger partial charge on any atom is 0.387 e. The van der Waals surface area contributed by atoms with Crippen molar-refractivity contribution in [3.63, 3.8) is 0 Å². The quantitative estimate of drug-likeness (QED) is 0.824. The van der Waals surface area contributed by atoms with E-state index in [0.29, 0.717) is 24.4 Å². The number of rotatable bonds is 5. The minimum Gasteiger partial charge on any atom is -0.481 e. The SMILES string of the molecule is CC1CN(C(=O)c2ccc(-c3ccc(OC(F)F)cc3)s2)CCC1C(=O)O. The fraction of sp³-hybridized carbons (Fsp3) is 0.368. The normalized spacial score (nSPS) is 19.9. The van der Waals surface area contributed by atoms with Gasteiger partial charge in [-0.05, 0) is 54.3 Å². The number of thiophene rings is 1. The van der Waals surface area contributed by atoms with Gasteiger partial charge in [-0.25, -0.2) is 0 Å². The van der Waals surface area contributed by atoms with Crippen LogP contribution in [0.3, 0.4) is 0 Å². The van der Waals surface area contributed by atoms with E-state index in [1.54, 1.807) is 23.1 Å². The Labute approximate surface area is 159 Å². The summed E-state index contributed by atoms with van der Waals surface area (Å²) in [5.41, 5.74) is 0.804. The van der Waals surface area contributed by atoms with Crippen molar-refractivity contribution in [2.75, 3.05) is 13.1 Å². The van der Waals surface area contributed by atoms with Gasteiger partial charge in [0.1, 0.15) is 5.75 Å². The number of benzene rings is 1. The maximum absolute atomic E-state index is 12.7. The van der Waals surface area contributed by atoms with Crippen molar-refractivity contribution in [3.8, 4) is 16.2 Å². The lowest BCUT2D eigenvalue weighted by molar-refractivity contribution is -0.145. The number of aliphatic carboxylic acids is 1. The molecule has 8 heteroatoms. The van der Waals surface area contributed by atoms with Crippen molar-refractivity contribution in [1.29, 1.82) is 0 Å². The van der Waals surface area contributed by atoms with Gasteiger partial charge in [0.2, 0.25) is 0 Å². The lowest BCUT2D eigenvalue weighted by Crippen LogP contribution is -2.44. The summed E-state index contributed by atoms with van der Waals surface area (Å²) >= 11 is 1.32. The minimum absolute atomic E-state index is 0.0805. The van der Waals surface area contributed by atoms with E-state index in [4.69, 9.17) is 0 Å². The number of halogens is 2. The van der Waals surface area contributed by atoms with Crippen LogP contribution in [0.4, 0.5) is 8.78 Å². The minimum atomic E-state index is -2.87. The maximum atomic E-state index is 12.7. The topological polar surface area (TPSA) is 66.8 Å². The zero-order valence-corrected chi connectivity index (χ0v) is 15.4. The predicted molar refractivity (Wildman–Crippen MR) is 97.2 cm³/mol. The number of carboxylic acids is 1. The summed E-state index contributed by atoms with van der Waals surface area (Å²) in [7, 11) is 0. The number of carbonyl (C=O) groups is 2. The molecule has 2 atom stereocenters. The molecule has 5 nitrogen and oxygen atoms in total. The summed E-state index contributed by atoms with van der Waals surface area (Å²) in [6.07, 6.45) is 0.450. The molecule has 2 unspecified atom stereocenters. The first-order valence-electron chi connectivity index (χ1n) is 8.52. The van der Waals surface area contributed by atoms with Gasteiger partial charge in [0.05, 0.1) is 10.8 Å². The largest absolute Gasteiger partial charge is 0.481 e. The number of hydrogen-bond acceptors (Lipinski definition) is 4. The van der Waals surface area contributed by atoms with Crippen LogP contribution in [0.25, 0.3) is 10.4 Å². The molecule has 0 saturated carbocycles. The van der Waals surface area contributed by atoms with E-state index >= 15 is 0 Å². The van der Waals surface area contributed by atoms with Gasteiger partial charge < -0.3 is 14.7 Å². The van der Waals surface area contributed by atoms with Gasteiger partial charge in [-0.1, -0.05) is 6.92 Å². The van der Waals surface area contributed by atoms with E-state index in [1.807, 2.05) is 13.0 Å². The Bertz CT molecular complexity index is 821. The molecule has 0 radical (unpaired) electrons. The predicted octanol–water partition coefficient (Wildman–Crippen LogP) is 4.20. The molecule has 144 valence electrons. The Morgan fingerprint density at radius 1 is 1.22 bits per heavy atom. The Balaban J connectivity index is 1.68. The second-order valence-corrected chi connectivity index (χ2v) is 7.61. The molecule has 1 fully saturated rings. The smallest absolute Gasteiger partial charge is 0.387 e. The first-order chi connectivity index (χ1) is 12.8. The molecule has 1 aromatic heterocycles. The van der Waals surface area contributed by atoms with Crippen molar-refractivity contribution in [2.45, 2.75) is 20.0 Å². The molecule has 1 aliphatic heterocycles. The average molecular weight is 395 g/mol. The highest BCUT2D eigenvalue weighted by Gasteiger charge is 2.33. The Morgan fingerprint density at radius 2 is 1.93 bits per heavy atom. The van der Waals surface area contributed by atoms with E-state index in [2.05, 4.69) is 4.74 Å². The summed E-state index contributed by atoms with van der Waals surface area (Å²) in [5, 5.41) is 9.20. The molecular weight excluding hydrogens is 376 g/mol. The lowest BCUT2D eigenvalue weighted by atomic mass is 9.87. The molecule has 1 aromatic carbocycles. The first kappa shape index (κ1) is 19.3. The summed E-state index contributed by atoms with van der Waals surface area (Å²) < 4.78 is 28.8. The van der Waals surface area contributed by atoms with Crippen molar-refractivity contribution < 1.29 is 28.2 Å². The van der Waals surface area contributed by atoms with Crippen molar-refractivity contribution in [2.24, 2.45) is 11.8 Å². The van der Waals surface area contributed by atoms with Crippen LogP contribution < -0.4 is 4.74 Å². The molecular formula is C19H19F2NO4S. The zero-order chi connectivity index (χ0) is 19.6. The Morgan fingerprint density at radius 3 is 2.52 bits per heavy atom.